The fourth-order valence-corrected chi connectivity index (χ4v) is 1.16. The second-order valence-corrected chi connectivity index (χ2v) is 3.31. The molecule has 12 heavy (non-hydrogen) atoms. The van der Waals surface area contributed by atoms with E-state index in [-0.39, 0.29) is 5.63 Å². The number of H-pyrrole nitrogens is 1. The molecule has 0 bridgehead atoms. The van der Waals surface area contributed by atoms with Crippen LogP contribution >= 0.6 is 0 Å². The topological polar surface area (TPSA) is 49.2 Å². The van der Waals surface area contributed by atoms with E-state index in [9.17, 15) is 4.79 Å². The number of rotatable bonds is 3. The van der Waals surface area contributed by atoms with Crippen molar-refractivity contribution >= 4 is 5.69 Å². The van der Waals surface area contributed by atoms with Gasteiger partial charge in [-0.15, -0.1) is 0 Å². The molecule has 1 aromatic rings. The van der Waals surface area contributed by atoms with Crippen LogP contribution in [-0.2, 0) is 0 Å². The van der Waals surface area contributed by atoms with E-state index in [2.05, 4.69) is 23.5 Å². The molecular formula is C8H14N2O2. The first-order valence-corrected chi connectivity index (χ1v) is 3.99. The lowest BCUT2D eigenvalue weighted by Gasteiger charge is -2.17. The maximum Gasteiger partial charge on any atom is 0.380 e. The van der Waals surface area contributed by atoms with Gasteiger partial charge in [0.05, 0.1) is 6.20 Å². The van der Waals surface area contributed by atoms with Crippen LogP contribution in [0.4, 0.5) is 5.69 Å². The van der Waals surface area contributed by atoms with Crippen molar-refractivity contribution in [3.63, 3.8) is 0 Å². The average Bonchev–Trinajstić information content (AvgIpc) is 2.33. The van der Waals surface area contributed by atoms with Crippen LogP contribution in [0.2, 0.25) is 0 Å². The summed E-state index contributed by atoms with van der Waals surface area (Å²) in [4.78, 5) is 12.9. The Morgan fingerprint density at radius 3 is 2.75 bits per heavy atom. The highest BCUT2D eigenvalue weighted by atomic mass is 16.5. The zero-order valence-corrected chi connectivity index (χ0v) is 7.63. The highest BCUT2D eigenvalue weighted by molar-refractivity contribution is 5.39. The van der Waals surface area contributed by atoms with Gasteiger partial charge in [0.15, 0.2) is 0 Å². The van der Waals surface area contributed by atoms with E-state index in [1.807, 2.05) is 11.9 Å². The molecule has 0 unspecified atom stereocenters. The fraction of sp³-hybridized carbons (Fsp3) is 0.625. The third kappa shape index (κ3) is 1.90. The molecular weight excluding hydrogens is 156 g/mol. The number of aromatic nitrogens is 1. The van der Waals surface area contributed by atoms with Crippen molar-refractivity contribution in [1.29, 1.82) is 0 Å². The molecule has 68 valence electrons. The third-order valence-corrected chi connectivity index (χ3v) is 1.61. The minimum Gasteiger partial charge on any atom is -0.367 e. The summed E-state index contributed by atoms with van der Waals surface area (Å²) in [5.74, 6) is 0.532. The molecule has 1 aromatic heterocycles. The predicted molar refractivity (Wildman–Crippen MR) is 47.4 cm³/mol. The van der Waals surface area contributed by atoms with Crippen LogP contribution in [0, 0.1) is 5.92 Å². The Hall–Kier alpha value is -1.19. The van der Waals surface area contributed by atoms with Crippen LogP contribution in [-0.4, -0.2) is 18.7 Å². The lowest BCUT2D eigenvalue weighted by Crippen LogP contribution is -2.25. The van der Waals surface area contributed by atoms with Gasteiger partial charge in [-0.1, -0.05) is 13.8 Å². The highest BCUT2D eigenvalue weighted by Gasteiger charge is 2.08. The Morgan fingerprint density at radius 2 is 2.33 bits per heavy atom. The predicted octanol–water partition coefficient (Wildman–Crippen LogP) is 1.06. The average molecular weight is 170 g/mol. The van der Waals surface area contributed by atoms with E-state index >= 15 is 0 Å². The van der Waals surface area contributed by atoms with Crippen LogP contribution < -0.4 is 10.5 Å². The first-order valence-electron chi connectivity index (χ1n) is 3.99. The van der Waals surface area contributed by atoms with E-state index < -0.39 is 0 Å². The second-order valence-electron chi connectivity index (χ2n) is 3.31. The van der Waals surface area contributed by atoms with E-state index in [4.69, 9.17) is 0 Å². The maximum atomic E-state index is 11.0. The fourth-order valence-electron chi connectivity index (χ4n) is 1.16. The first-order chi connectivity index (χ1) is 5.61. The number of nitrogens with zero attached hydrogens (tertiary/aromatic N) is 1. The van der Waals surface area contributed by atoms with Gasteiger partial charge in [0.25, 0.3) is 0 Å². The summed E-state index contributed by atoms with van der Waals surface area (Å²) in [6.07, 6.45) is 1.57. The van der Waals surface area contributed by atoms with Crippen LogP contribution in [0.25, 0.3) is 0 Å². The summed E-state index contributed by atoms with van der Waals surface area (Å²) in [6, 6.07) is 0. The summed E-state index contributed by atoms with van der Waals surface area (Å²) in [5, 5.41) is 2.42. The van der Waals surface area contributed by atoms with E-state index in [1.165, 1.54) is 0 Å². The molecule has 0 radical (unpaired) electrons. The monoisotopic (exact) mass is 170 g/mol. The highest BCUT2D eigenvalue weighted by Crippen LogP contribution is 2.06. The number of nitrogens with one attached hydrogen (secondary N) is 1. The molecule has 0 fully saturated rings. The Bertz CT molecular complexity index is 287. The first kappa shape index (κ1) is 8.90. The smallest absolute Gasteiger partial charge is 0.367 e. The van der Waals surface area contributed by atoms with Gasteiger partial charge in [-0.2, -0.15) is 0 Å². The van der Waals surface area contributed by atoms with Crippen molar-refractivity contribution in [2.45, 2.75) is 13.8 Å². The van der Waals surface area contributed by atoms with Gasteiger partial charge >= 0.3 is 5.63 Å². The van der Waals surface area contributed by atoms with Crippen LogP contribution in [0.15, 0.2) is 15.5 Å². The largest absolute Gasteiger partial charge is 0.380 e. The molecule has 0 aliphatic rings. The maximum absolute atomic E-state index is 11.0. The zero-order chi connectivity index (χ0) is 9.14. The van der Waals surface area contributed by atoms with Crippen molar-refractivity contribution in [2.24, 2.45) is 5.92 Å². The molecule has 0 atom stereocenters. The molecule has 0 aromatic carbocycles. The minimum atomic E-state index is -0.307. The Morgan fingerprint density at radius 1 is 1.67 bits per heavy atom. The summed E-state index contributed by atoms with van der Waals surface area (Å²) in [7, 11) is 1.88. The molecule has 0 amide bonds. The van der Waals surface area contributed by atoms with Gasteiger partial charge < -0.3 is 9.42 Å². The molecule has 0 aliphatic carbocycles. The van der Waals surface area contributed by atoms with Crippen LogP contribution in [0.1, 0.15) is 13.8 Å². The van der Waals surface area contributed by atoms with Crippen molar-refractivity contribution < 1.29 is 4.52 Å². The lowest BCUT2D eigenvalue weighted by molar-refractivity contribution is 0.391. The third-order valence-electron chi connectivity index (χ3n) is 1.61. The normalized spacial score (nSPS) is 10.7. The molecule has 0 saturated carbocycles. The molecule has 0 spiro atoms. The quantitative estimate of drug-likeness (QED) is 0.737. The Labute approximate surface area is 71.1 Å². The van der Waals surface area contributed by atoms with Crippen LogP contribution in [0.5, 0.6) is 0 Å². The Kier molecular flexibility index (Phi) is 2.58. The molecule has 1 heterocycles. The standard InChI is InChI=1S/C8H14N2O2/c1-6(2)5-10(3)7-4-9-12-8(7)11/h4,6,9H,5H2,1-3H3. The minimum absolute atomic E-state index is 0.307. The molecule has 1 N–H and O–H groups in total. The summed E-state index contributed by atoms with van der Waals surface area (Å²) >= 11 is 0. The van der Waals surface area contributed by atoms with Gasteiger partial charge in [0.2, 0.25) is 0 Å². The summed E-state index contributed by atoms with van der Waals surface area (Å²) in [6.45, 7) is 5.05. The van der Waals surface area contributed by atoms with E-state index in [0.29, 0.717) is 11.6 Å². The molecule has 1 rings (SSSR count). The molecule has 4 nitrogen and oxygen atoms in total. The molecule has 0 aliphatic heterocycles. The van der Waals surface area contributed by atoms with Gasteiger partial charge in [-0.3, -0.25) is 0 Å². The molecule has 4 heteroatoms. The van der Waals surface area contributed by atoms with Crippen molar-refractivity contribution in [3.05, 3.63) is 16.6 Å². The van der Waals surface area contributed by atoms with Gasteiger partial charge in [0, 0.05) is 13.6 Å². The SMILES string of the molecule is CC(C)CN(C)c1c[nH]oc1=O. The number of hydrogen-bond donors (Lipinski definition) is 1. The zero-order valence-electron chi connectivity index (χ0n) is 7.63. The lowest BCUT2D eigenvalue weighted by atomic mass is 10.2. The summed E-state index contributed by atoms with van der Waals surface area (Å²) < 4.78 is 4.54. The Balaban J connectivity index is 2.71. The molecule has 0 saturated heterocycles. The van der Waals surface area contributed by atoms with Crippen molar-refractivity contribution in [3.8, 4) is 0 Å². The summed E-state index contributed by atoms with van der Waals surface area (Å²) in [5.41, 5.74) is 0.279. The number of aromatic amines is 1. The second kappa shape index (κ2) is 3.47. The van der Waals surface area contributed by atoms with Crippen molar-refractivity contribution in [1.82, 2.24) is 5.16 Å². The van der Waals surface area contributed by atoms with Crippen LogP contribution in [0.3, 0.4) is 0 Å². The van der Waals surface area contributed by atoms with Crippen molar-refractivity contribution in [2.75, 3.05) is 18.5 Å². The van der Waals surface area contributed by atoms with Gasteiger partial charge in [-0.25, -0.2) is 9.95 Å². The number of anilines is 1. The number of hydrogen-bond acceptors (Lipinski definition) is 3. The van der Waals surface area contributed by atoms with Gasteiger partial charge in [-0.05, 0) is 5.92 Å². The van der Waals surface area contributed by atoms with Gasteiger partial charge in [0.1, 0.15) is 5.69 Å². The van der Waals surface area contributed by atoms with E-state index in [1.54, 1.807) is 6.20 Å². The van der Waals surface area contributed by atoms with E-state index in [0.717, 1.165) is 6.54 Å².